The van der Waals surface area contributed by atoms with Crippen LogP contribution >= 0.6 is 0 Å². The smallest absolute Gasteiger partial charge is 0.478 e. The van der Waals surface area contributed by atoms with E-state index in [2.05, 4.69) is 4.74 Å². The minimum atomic E-state index is -5.04. The summed E-state index contributed by atoms with van der Waals surface area (Å²) in [5, 5.41) is 8.67. The molecular weight excluding hydrogens is 277 g/mol. The Morgan fingerprint density at radius 3 is 2.22 bits per heavy atom. The van der Waals surface area contributed by atoms with Crippen molar-refractivity contribution in [1.29, 1.82) is 0 Å². The first-order valence-electron chi connectivity index (χ1n) is 4.33. The molecule has 0 amide bonds. The molecule has 1 N–H and O–H groups in total. The van der Waals surface area contributed by atoms with Gasteiger partial charge in [0.15, 0.2) is 9.84 Å². The van der Waals surface area contributed by atoms with Crippen LogP contribution in [0.15, 0.2) is 23.1 Å². The summed E-state index contributed by atoms with van der Waals surface area (Å²) in [4.78, 5) is 10.1. The van der Waals surface area contributed by atoms with E-state index < -0.39 is 38.4 Å². The highest BCUT2D eigenvalue weighted by Gasteiger charge is 2.32. The minimum absolute atomic E-state index is 0.568. The van der Waals surface area contributed by atoms with E-state index >= 15 is 0 Å². The predicted octanol–water partition coefficient (Wildman–Crippen LogP) is 1.69. The highest BCUT2D eigenvalue weighted by atomic mass is 32.2. The van der Waals surface area contributed by atoms with Crippen molar-refractivity contribution in [1.82, 2.24) is 0 Å². The van der Waals surface area contributed by atoms with Gasteiger partial charge in [-0.25, -0.2) is 13.2 Å². The Hall–Kier alpha value is -1.77. The standard InChI is InChI=1S/C9H7F3O5S/c1-18(15,16)7-3-5(8(13)14)2-6(4-7)17-9(10,11)12/h2-4H,1H3,(H,13,14). The molecule has 0 atom stereocenters. The number of hydrogen-bond donors (Lipinski definition) is 1. The number of hydrogen-bond acceptors (Lipinski definition) is 4. The third kappa shape index (κ3) is 3.91. The molecule has 0 saturated heterocycles. The first-order valence-corrected chi connectivity index (χ1v) is 6.22. The van der Waals surface area contributed by atoms with Gasteiger partial charge >= 0.3 is 12.3 Å². The number of carboxylic acids is 1. The maximum Gasteiger partial charge on any atom is 0.573 e. The largest absolute Gasteiger partial charge is 0.573 e. The number of carboxylic acid groups (broad SMARTS) is 1. The fraction of sp³-hybridized carbons (Fsp3) is 0.222. The summed E-state index contributed by atoms with van der Waals surface area (Å²) in [5.41, 5.74) is -0.614. The van der Waals surface area contributed by atoms with Gasteiger partial charge in [0.1, 0.15) is 5.75 Å². The Balaban J connectivity index is 3.36. The van der Waals surface area contributed by atoms with Gasteiger partial charge in [-0.1, -0.05) is 0 Å². The van der Waals surface area contributed by atoms with Crippen molar-refractivity contribution in [2.24, 2.45) is 0 Å². The van der Waals surface area contributed by atoms with Gasteiger partial charge in [0.2, 0.25) is 0 Å². The Morgan fingerprint density at radius 1 is 1.28 bits per heavy atom. The van der Waals surface area contributed by atoms with E-state index in [0.717, 1.165) is 12.3 Å². The van der Waals surface area contributed by atoms with E-state index in [0.29, 0.717) is 12.1 Å². The predicted molar refractivity (Wildman–Crippen MR) is 53.2 cm³/mol. The average Bonchev–Trinajstić information content (AvgIpc) is 2.12. The summed E-state index contributed by atoms with van der Waals surface area (Å²) in [6.07, 6.45) is -4.29. The zero-order chi connectivity index (χ0) is 14.1. The summed E-state index contributed by atoms with van der Waals surface area (Å²) in [7, 11) is -3.85. The number of halogens is 3. The summed E-state index contributed by atoms with van der Waals surface area (Å²) >= 11 is 0. The molecule has 0 heterocycles. The van der Waals surface area contributed by atoms with E-state index in [-0.39, 0.29) is 0 Å². The minimum Gasteiger partial charge on any atom is -0.478 e. The molecule has 0 aliphatic rings. The highest BCUT2D eigenvalue weighted by molar-refractivity contribution is 7.90. The van der Waals surface area contributed by atoms with Gasteiger partial charge < -0.3 is 9.84 Å². The van der Waals surface area contributed by atoms with Gasteiger partial charge in [-0.05, 0) is 18.2 Å². The lowest BCUT2D eigenvalue weighted by molar-refractivity contribution is -0.274. The monoisotopic (exact) mass is 284 g/mol. The van der Waals surface area contributed by atoms with Crippen LogP contribution in [0.2, 0.25) is 0 Å². The van der Waals surface area contributed by atoms with Crippen molar-refractivity contribution in [3.8, 4) is 5.75 Å². The fourth-order valence-electron chi connectivity index (χ4n) is 1.10. The lowest BCUT2D eigenvalue weighted by Gasteiger charge is -2.10. The summed E-state index contributed by atoms with van der Waals surface area (Å²) in [6, 6.07) is 1.95. The van der Waals surface area contributed by atoms with Crippen LogP contribution in [0.5, 0.6) is 5.75 Å². The van der Waals surface area contributed by atoms with Crippen molar-refractivity contribution in [2.45, 2.75) is 11.3 Å². The molecule has 18 heavy (non-hydrogen) atoms. The molecule has 0 radical (unpaired) electrons. The van der Waals surface area contributed by atoms with Crippen molar-refractivity contribution in [3.63, 3.8) is 0 Å². The fourth-order valence-corrected chi connectivity index (χ4v) is 1.77. The molecule has 100 valence electrons. The molecule has 0 saturated carbocycles. The second kappa shape index (κ2) is 4.48. The van der Waals surface area contributed by atoms with E-state index in [4.69, 9.17) is 5.11 Å². The second-order valence-corrected chi connectivity index (χ2v) is 5.33. The van der Waals surface area contributed by atoms with Crippen molar-refractivity contribution in [2.75, 3.05) is 6.26 Å². The van der Waals surface area contributed by atoms with E-state index in [1.165, 1.54) is 0 Å². The van der Waals surface area contributed by atoms with Gasteiger partial charge in [-0.15, -0.1) is 13.2 Å². The molecule has 0 spiro atoms. The first-order chi connectivity index (χ1) is 7.99. The third-order valence-corrected chi connectivity index (χ3v) is 2.88. The molecule has 0 bridgehead atoms. The lowest BCUT2D eigenvalue weighted by Crippen LogP contribution is -2.18. The van der Waals surface area contributed by atoms with E-state index in [1.807, 2.05) is 0 Å². The number of benzene rings is 1. The van der Waals surface area contributed by atoms with Crippen molar-refractivity contribution in [3.05, 3.63) is 23.8 Å². The Morgan fingerprint density at radius 2 is 1.83 bits per heavy atom. The topological polar surface area (TPSA) is 80.7 Å². The molecule has 1 rings (SSSR count). The second-order valence-electron chi connectivity index (χ2n) is 3.32. The summed E-state index contributed by atoms with van der Waals surface area (Å²) in [5.74, 6) is -2.46. The molecular formula is C9H7F3O5S. The first kappa shape index (κ1) is 14.3. The van der Waals surface area contributed by atoms with Crippen LogP contribution in [0.4, 0.5) is 13.2 Å². The van der Waals surface area contributed by atoms with Crippen LogP contribution in [-0.2, 0) is 9.84 Å². The molecule has 0 aliphatic heterocycles. The lowest BCUT2D eigenvalue weighted by atomic mass is 10.2. The molecule has 0 unspecified atom stereocenters. The van der Waals surface area contributed by atoms with Gasteiger partial charge in [-0.2, -0.15) is 0 Å². The quantitative estimate of drug-likeness (QED) is 0.913. The van der Waals surface area contributed by atoms with Crippen LogP contribution in [0.1, 0.15) is 10.4 Å². The molecule has 0 fully saturated rings. The zero-order valence-corrected chi connectivity index (χ0v) is 9.67. The molecule has 9 heteroatoms. The van der Waals surface area contributed by atoms with Gasteiger partial charge in [-0.3, -0.25) is 0 Å². The molecule has 0 aliphatic carbocycles. The number of ether oxygens (including phenoxy) is 1. The van der Waals surface area contributed by atoms with Gasteiger partial charge in [0, 0.05) is 6.26 Å². The number of rotatable bonds is 3. The maximum atomic E-state index is 12.0. The third-order valence-electron chi connectivity index (χ3n) is 1.79. The summed E-state index contributed by atoms with van der Waals surface area (Å²) < 4.78 is 61.8. The van der Waals surface area contributed by atoms with E-state index in [1.54, 1.807) is 0 Å². The van der Waals surface area contributed by atoms with Crippen LogP contribution in [-0.4, -0.2) is 32.1 Å². The van der Waals surface area contributed by atoms with Crippen molar-refractivity contribution < 1.29 is 36.2 Å². The SMILES string of the molecule is CS(=O)(=O)c1cc(OC(F)(F)F)cc(C(=O)O)c1. The molecule has 0 aromatic heterocycles. The Bertz CT molecular complexity index is 576. The molecule has 1 aromatic carbocycles. The van der Waals surface area contributed by atoms with Crippen LogP contribution in [0, 0.1) is 0 Å². The van der Waals surface area contributed by atoms with Crippen LogP contribution in [0.25, 0.3) is 0 Å². The Labute approximate surface area is 99.7 Å². The summed E-state index contributed by atoms with van der Waals surface area (Å²) in [6.45, 7) is 0. The number of aromatic carboxylic acids is 1. The number of alkyl halides is 3. The molecule has 5 nitrogen and oxygen atoms in total. The van der Waals surface area contributed by atoms with Crippen molar-refractivity contribution >= 4 is 15.8 Å². The Kier molecular flexibility index (Phi) is 3.56. The average molecular weight is 284 g/mol. The highest BCUT2D eigenvalue weighted by Crippen LogP contribution is 2.26. The molecule has 1 aromatic rings. The van der Waals surface area contributed by atoms with Gasteiger partial charge in [0.05, 0.1) is 10.5 Å². The normalized spacial score (nSPS) is 12.2. The maximum absolute atomic E-state index is 12.0. The van der Waals surface area contributed by atoms with Gasteiger partial charge in [0.25, 0.3) is 0 Å². The number of sulfone groups is 1. The zero-order valence-electron chi connectivity index (χ0n) is 8.85. The van der Waals surface area contributed by atoms with Crippen LogP contribution in [0.3, 0.4) is 0 Å². The van der Waals surface area contributed by atoms with E-state index in [9.17, 15) is 26.4 Å². The number of carbonyl (C=O) groups is 1. The van der Waals surface area contributed by atoms with Crippen LogP contribution < -0.4 is 4.74 Å².